The zero-order valence-electron chi connectivity index (χ0n) is 16.5. The zero-order valence-corrected chi connectivity index (χ0v) is 16.5. The molecule has 5 nitrogen and oxygen atoms in total. The molecular weight excluding hydrogens is 350 g/mol. The van der Waals surface area contributed by atoms with Crippen LogP contribution in [0, 0.1) is 0 Å². The first-order valence-corrected chi connectivity index (χ1v) is 9.52. The van der Waals surface area contributed by atoms with Crippen molar-refractivity contribution in [3.8, 4) is 11.1 Å². The molecule has 0 saturated carbocycles. The molecule has 0 atom stereocenters. The fourth-order valence-electron chi connectivity index (χ4n) is 2.96. The summed E-state index contributed by atoms with van der Waals surface area (Å²) < 4.78 is 1.92. The minimum absolute atomic E-state index is 0.268. The summed E-state index contributed by atoms with van der Waals surface area (Å²) in [6, 6.07) is 15.0. The molecule has 2 aromatic carbocycles. The average molecular weight is 375 g/mol. The Morgan fingerprint density at radius 3 is 2.50 bits per heavy atom. The molecule has 144 valence electrons. The summed E-state index contributed by atoms with van der Waals surface area (Å²) in [4.78, 5) is 16.1. The molecule has 0 fully saturated rings. The molecule has 0 radical (unpaired) electrons. The third kappa shape index (κ3) is 4.36. The summed E-state index contributed by atoms with van der Waals surface area (Å²) >= 11 is 0. The fourth-order valence-corrected chi connectivity index (χ4v) is 2.96. The number of carbonyl (C=O) groups is 1. The summed E-state index contributed by atoms with van der Waals surface area (Å²) in [5.41, 5.74) is 2.99. The van der Waals surface area contributed by atoms with E-state index in [1.807, 2.05) is 47.2 Å². The number of carboxylic acids is 1. The van der Waals surface area contributed by atoms with E-state index in [2.05, 4.69) is 36.9 Å². The molecular formula is C23H25N3O2. The smallest absolute Gasteiger partial charge is 0.336 e. The van der Waals surface area contributed by atoms with Crippen LogP contribution in [0.2, 0.25) is 0 Å². The average Bonchev–Trinajstić information content (AvgIpc) is 3.10. The lowest BCUT2D eigenvalue weighted by Crippen LogP contribution is -2.05. The number of hydrogen-bond acceptors (Lipinski definition) is 3. The standard InChI is InChI=1S/C23H25N3O2/c1-4-5-10-21-24-22(16(2)3)25-26(21)15-17-11-13-18(14-12-17)19-8-6-7-9-20(19)23(27)28/h5-14,16H,4,15H2,1-3H3,(H,27,28)/b10-5+. The Kier molecular flexibility index (Phi) is 6.04. The predicted octanol–water partition coefficient (Wildman–Crippen LogP) is 5.24. The van der Waals surface area contributed by atoms with Crippen LogP contribution in [0.1, 0.15) is 60.7 Å². The molecule has 3 aromatic rings. The van der Waals surface area contributed by atoms with E-state index in [1.165, 1.54) is 0 Å². The number of rotatable bonds is 7. The van der Waals surface area contributed by atoms with Gasteiger partial charge in [-0.1, -0.05) is 69.3 Å². The largest absolute Gasteiger partial charge is 0.478 e. The van der Waals surface area contributed by atoms with Crippen LogP contribution in [0.25, 0.3) is 17.2 Å². The minimum atomic E-state index is -0.920. The van der Waals surface area contributed by atoms with Crippen molar-refractivity contribution in [2.45, 2.75) is 39.7 Å². The first kappa shape index (κ1) is 19.5. The number of aromatic nitrogens is 3. The maximum Gasteiger partial charge on any atom is 0.336 e. The van der Waals surface area contributed by atoms with Gasteiger partial charge in [0.2, 0.25) is 0 Å². The van der Waals surface area contributed by atoms with Gasteiger partial charge in [-0.2, -0.15) is 5.10 Å². The molecule has 0 bridgehead atoms. The second-order valence-corrected chi connectivity index (χ2v) is 7.00. The lowest BCUT2D eigenvalue weighted by molar-refractivity contribution is 0.0697. The zero-order chi connectivity index (χ0) is 20.1. The van der Waals surface area contributed by atoms with Crippen LogP contribution < -0.4 is 0 Å². The van der Waals surface area contributed by atoms with Gasteiger partial charge in [0.05, 0.1) is 12.1 Å². The van der Waals surface area contributed by atoms with E-state index in [9.17, 15) is 9.90 Å². The Morgan fingerprint density at radius 2 is 1.86 bits per heavy atom. The Morgan fingerprint density at radius 1 is 1.14 bits per heavy atom. The third-order valence-electron chi connectivity index (χ3n) is 4.49. The number of allylic oxidation sites excluding steroid dienone is 1. The highest BCUT2D eigenvalue weighted by Crippen LogP contribution is 2.24. The van der Waals surface area contributed by atoms with E-state index in [1.54, 1.807) is 12.1 Å². The third-order valence-corrected chi connectivity index (χ3v) is 4.49. The monoisotopic (exact) mass is 375 g/mol. The lowest BCUT2D eigenvalue weighted by atomic mass is 9.99. The maximum absolute atomic E-state index is 11.5. The normalized spacial score (nSPS) is 11.4. The van der Waals surface area contributed by atoms with Gasteiger partial charge < -0.3 is 5.11 Å². The first-order valence-electron chi connectivity index (χ1n) is 9.52. The van der Waals surface area contributed by atoms with Crippen LogP contribution >= 0.6 is 0 Å². The Balaban J connectivity index is 1.88. The van der Waals surface area contributed by atoms with Gasteiger partial charge in [0.25, 0.3) is 0 Å². The molecule has 28 heavy (non-hydrogen) atoms. The van der Waals surface area contributed by atoms with Gasteiger partial charge in [0.1, 0.15) is 0 Å². The molecule has 3 rings (SSSR count). The molecule has 0 aliphatic rings. The van der Waals surface area contributed by atoms with Gasteiger partial charge in [-0.25, -0.2) is 14.5 Å². The van der Waals surface area contributed by atoms with Crippen molar-refractivity contribution < 1.29 is 9.90 Å². The highest BCUT2D eigenvalue weighted by molar-refractivity contribution is 5.95. The van der Waals surface area contributed by atoms with E-state index in [-0.39, 0.29) is 5.92 Å². The second kappa shape index (κ2) is 8.65. The van der Waals surface area contributed by atoms with Crippen LogP contribution in [-0.4, -0.2) is 25.8 Å². The van der Waals surface area contributed by atoms with Crippen LogP contribution in [0.15, 0.2) is 54.6 Å². The number of benzene rings is 2. The highest BCUT2D eigenvalue weighted by Gasteiger charge is 2.13. The van der Waals surface area contributed by atoms with Crippen molar-refractivity contribution in [2.75, 3.05) is 0 Å². The number of carboxylic acid groups (broad SMARTS) is 1. The molecule has 0 unspecified atom stereocenters. The van der Waals surface area contributed by atoms with Crippen LogP contribution in [-0.2, 0) is 6.54 Å². The van der Waals surface area contributed by atoms with Crippen molar-refractivity contribution in [3.05, 3.63) is 77.4 Å². The SMILES string of the molecule is CC/C=C/c1nc(C(C)C)nn1Cc1ccc(-c2ccccc2C(=O)O)cc1. The Labute approximate surface area is 165 Å². The molecule has 5 heteroatoms. The minimum Gasteiger partial charge on any atom is -0.478 e. The summed E-state index contributed by atoms with van der Waals surface area (Å²) in [6.45, 7) is 6.88. The number of aromatic carboxylic acids is 1. The van der Waals surface area contributed by atoms with E-state index in [4.69, 9.17) is 0 Å². The maximum atomic E-state index is 11.5. The molecule has 0 spiro atoms. The summed E-state index contributed by atoms with van der Waals surface area (Å²) in [6.07, 6.45) is 5.04. The topological polar surface area (TPSA) is 68.0 Å². The molecule has 1 heterocycles. The van der Waals surface area contributed by atoms with Crippen LogP contribution in [0.5, 0.6) is 0 Å². The van der Waals surface area contributed by atoms with E-state index in [0.29, 0.717) is 12.1 Å². The Hall–Kier alpha value is -3.21. The van der Waals surface area contributed by atoms with Gasteiger partial charge in [-0.05, 0) is 35.3 Å². The van der Waals surface area contributed by atoms with Gasteiger partial charge in [-0.3, -0.25) is 0 Å². The van der Waals surface area contributed by atoms with Crippen molar-refractivity contribution >= 4 is 12.0 Å². The van der Waals surface area contributed by atoms with Crippen LogP contribution in [0.4, 0.5) is 0 Å². The Bertz CT molecular complexity index is 985. The van der Waals surface area contributed by atoms with E-state index >= 15 is 0 Å². The van der Waals surface area contributed by atoms with Gasteiger partial charge in [0, 0.05) is 5.92 Å². The molecule has 0 amide bonds. The molecule has 1 N–H and O–H groups in total. The quantitative estimate of drug-likeness (QED) is 0.613. The van der Waals surface area contributed by atoms with Crippen molar-refractivity contribution in [1.29, 1.82) is 0 Å². The first-order chi connectivity index (χ1) is 13.5. The predicted molar refractivity (Wildman–Crippen MR) is 111 cm³/mol. The second-order valence-electron chi connectivity index (χ2n) is 7.00. The fraction of sp³-hybridized carbons (Fsp3) is 0.261. The van der Waals surface area contributed by atoms with Crippen LogP contribution in [0.3, 0.4) is 0 Å². The lowest BCUT2D eigenvalue weighted by Gasteiger charge is -2.08. The van der Waals surface area contributed by atoms with Crippen molar-refractivity contribution in [3.63, 3.8) is 0 Å². The van der Waals surface area contributed by atoms with Gasteiger partial charge in [-0.15, -0.1) is 0 Å². The summed E-state index contributed by atoms with van der Waals surface area (Å²) in [5.74, 6) is 1.04. The summed E-state index contributed by atoms with van der Waals surface area (Å²) in [7, 11) is 0. The molecule has 0 aliphatic carbocycles. The van der Waals surface area contributed by atoms with Gasteiger partial charge >= 0.3 is 5.97 Å². The molecule has 0 saturated heterocycles. The number of hydrogen-bond donors (Lipinski definition) is 1. The van der Waals surface area contributed by atoms with E-state index in [0.717, 1.165) is 34.8 Å². The van der Waals surface area contributed by atoms with E-state index < -0.39 is 5.97 Å². The molecule has 0 aliphatic heterocycles. The van der Waals surface area contributed by atoms with Gasteiger partial charge in [0.15, 0.2) is 11.6 Å². The number of nitrogens with zero attached hydrogens (tertiary/aromatic N) is 3. The van der Waals surface area contributed by atoms with Crippen molar-refractivity contribution in [1.82, 2.24) is 14.8 Å². The molecule has 1 aromatic heterocycles. The highest BCUT2D eigenvalue weighted by atomic mass is 16.4. The summed E-state index contributed by atoms with van der Waals surface area (Å²) in [5, 5.41) is 14.1. The van der Waals surface area contributed by atoms with Crippen molar-refractivity contribution in [2.24, 2.45) is 0 Å².